The largest absolute Gasteiger partial charge is 0.507 e. The van der Waals surface area contributed by atoms with Crippen LogP contribution in [0.25, 0.3) is 0 Å². The molecule has 2 rings (SSSR count). The van der Waals surface area contributed by atoms with Gasteiger partial charge < -0.3 is 9.84 Å². The molecule has 100 valence electrons. The lowest BCUT2D eigenvalue weighted by Crippen LogP contribution is -2.30. The molecule has 0 radical (unpaired) electrons. The Morgan fingerprint density at radius 1 is 1.39 bits per heavy atom. The van der Waals surface area contributed by atoms with Gasteiger partial charge >= 0.3 is 0 Å². The third-order valence-electron chi connectivity index (χ3n) is 4.02. The fourth-order valence-corrected chi connectivity index (χ4v) is 3.05. The molecule has 0 bridgehead atoms. The molecular formula is C15H23NO2. The first-order valence-electron chi connectivity index (χ1n) is 6.65. The molecule has 3 atom stereocenters. The molecule has 0 amide bonds. The van der Waals surface area contributed by atoms with Crippen LogP contribution in [0.4, 0.5) is 0 Å². The highest BCUT2D eigenvalue weighted by atomic mass is 16.5. The molecule has 0 aromatic heterocycles. The Balaban J connectivity index is 2.20. The van der Waals surface area contributed by atoms with Crippen molar-refractivity contribution in [2.45, 2.75) is 39.3 Å². The number of phenols is 1. The van der Waals surface area contributed by atoms with Gasteiger partial charge in [0.05, 0.1) is 7.11 Å². The Kier molecular flexibility index (Phi) is 3.81. The van der Waals surface area contributed by atoms with Crippen LogP contribution < -0.4 is 4.74 Å². The second kappa shape index (κ2) is 5.19. The van der Waals surface area contributed by atoms with Crippen LogP contribution in [0.15, 0.2) is 18.2 Å². The zero-order valence-electron chi connectivity index (χ0n) is 11.7. The van der Waals surface area contributed by atoms with Crippen LogP contribution >= 0.6 is 0 Å². The average Bonchev–Trinajstić information content (AvgIpc) is 2.67. The van der Waals surface area contributed by atoms with Crippen molar-refractivity contribution in [1.82, 2.24) is 4.90 Å². The molecule has 1 aromatic carbocycles. The van der Waals surface area contributed by atoms with E-state index in [1.165, 1.54) is 6.42 Å². The van der Waals surface area contributed by atoms with Gasteiger partial charge in [0, 0.05) is 30.3 Å². The maximum atomic E-state index is 10.1. The SMILES string of the molecule is COc1ccc(C(C)N2CC(C)CC2C)c(O)c1. The summed E-state index contributed by atoms with van der Waals surface area (Å²) in [6.07, 6.45) is 1.24. The molecular weight excluding hydrogens is 226 g/mol. The normalized spacial score (nSPS) is 26.2. The zero-order valence-corrected chi connectivity index (χ0v) is 11.7. The molecule has 3 nitrogen and oxygen atoms in total. The topological polar surface area (TPSA) is 32.7 Å². The maximum absolute atomic E-state index is 10.1. The van der Waals surface area contributed by atoms with Crippen molar-refractivity contribution in [2.24, 2.45) is 5.92 Å². The van der Waals surface area contributed by atoms with Crippen molar-refractivity contribution in [1.29, 1.82) is 0 Å². The minimum absolute atomic E-state index is 0.246. The van der Waals surface area contributed by atoms with Gasteiger partial charge in [-0.15, -0.1) is 0 Å². The summed E-state index contributed by atoms with van der Waals surface area (Å²) in [4.78, 5) is 2.46. The lowest BCUT2D eigenvalue weighted by atomic mass is 10.0. The zero-order chi connectivity index (χ0) is 13.3. The van der Waals surface area contributed by atoms with Crippen LogP contribution in [0.3, 0.4) is 0 Å². The van der Waals surface area contributed by atoms with E-state index in [1.807, 2.05) is 12.1 Å². The Labute approximate surface area is 109 Å². The van der Waals surface area contributed by atoms with E-state index in [2.05, 4.69) is 25.7 Å². The molecule has 18 heavy (non-hydrogen) atoms. The lowest BCUT2D eigenvalue weighted by molar-refractivity contribution is 0.198. The Hall–Kier alpha value is -1.22. The minimum atomic E-state index is 0.246. The molecule has 0 spiro atoms. The van der Waals surface area contributed by atoms with Crippen molar-refractivity contribution in [3.63, 3.8) is 0 Å². The molecule has 3 heteroatoms. The van der Waals surface area contributed by atoms with Gasteiger partial charge in [0.15, 0.2) is 0 Å². The second-order valence-corrected chi connectivity index (χ2v) is 5.49. The third-order valence-corrected chi connectivity index (χ3v) is 4.02. The number of hydrogen-bond acceptors (Lipinski definition) is 3. The summed E-state index contributed by atoms with van der Waals surface area (Å²) in [6.45, 7) is 7.82. The summed E-state index contributed by atoms with van der Waals surface area (Å²) < 4.78 is 5.12. The number of aromatic hydroxyl groups is 1. The Morgan fingerprint density at radius 3 is 2.61 bits per heavy atom. The van der Waals surface area contributed by atoms with Gasteiger partial charge in [0.1, 0.15) is 11.5 Å². The van der Waals surface area contributed by atoms with Gasteiger partial charge in [0.2, 0.25) is 0 Å². The summed E-state index contributed by atoms with van der Waals surface area (Å²) in [7, 11) is 1.61. The number of likely N-dealkylation sites (tertiary alicyclic amines) is 1. The van der Waals surface area contributed by atoms with E-state index >= 15 is 0 Å². The Morgan fingerprint density at radius 2 is 2.11 bits per heavy atom. The maximum Gasteiger partial charge on any atom is 0.124 e. The number of methoxy groups -OCH3 is 1. The van der Waals surface area contributed by atoms with Gasteiger partial charge in [0.25, 0.3) is 0 Å². The highest BCUT2D eigenvalue weighted by Gasteiger charge is 2.31. The molecule has 1 aliphatic heterocycles. The van der Waals surface area contributed by atoms with Crippen LogP contribution in [0.2, 0.25) is 0 Å². The predicted octanol–water partition coefficient (Wildman–Crippen LogP) is 3.19. The van der Waals surface area contributed by atoms with E-state index in [0.717, 1.165) is 18.0 Å². The molecule has 0 saturated carbocycles. The van der Waals surface area contributed by atoms with Crippen molar-refractivity contribution in [3.05, 3.63) is 23.8 Å². The molecule has 3 unspecified atom stereocenters. The highest BCUT2D eigenvalue weighted by molar-refractivity contribution is 5.41. The first-order valence-corrected chi connectivity index (χ1v) is 6.65. The van der Waals surface area contributed by atoms with E-state index in [9.17, 15) is 5.11 Å². The molecule has 1 heterocycles. The summed E-state index contributed by atoms with van der Waals surface area (Å²) in [5.74, 6) is 1.77. The second-order valence-electron chi connectivity index (χ2n) is 5.49. The lowest BCUT2D eigenvalue weighted by Gasteiger charge is -2.29. The monoisotopic (exact) mass is 249 g/mol. The van der Waals surface area contributed by atoms with Gasteiger partial charge in [-0.2, -0.15) is 0 Å². The summed E-state index contributed by atoms with van der Waals surface area (Å²) in [5.41, 5.74) is 0.983. The number of ether oxygens (including phenoxy) is 1. The van der Waals surface area contributed by atoms with Crippen LogP contribution in [-0.2, 0) is 0 Å². The van der Waals surface area contributed by atoms with Crippen molar-refractivity contribution in [2.75, 3.05) is 13.7 Å². The molecule has 1 fully saturated rings. The quantitative estimate of drug-likeness (QED) is 0.893. The minimum Gasteiger partial charge on any atom is -0.507 e. The number of phenolic OH excluding ortho intramolecular Hbond substituents is 1. The van der Waals surface area contributed by atoms with Gasteiger partial charge in [-0.3, -0.25) is 4.90 Å². The van der Waals surface area contributed by atoms with Gasteiger partial charge in [-0.25, -0.2) is 0 Å². The molecule has 1 saturated heterocycles. The number of benzene rings is 1. The number of hydrogen-bond donors (Lipinski definition) is 1. The number of rotatable bonds is 3. The fourth-order valence-electron chi connectivity index (χ4n) is 3.05. The van der Waals surface area contributed by atoms with E-state index in [-0.39, 0.29) is 6.04 Å². The Bertz CT molecular complexity index is 419. The van der Waals surface area contributed by atoms with Gasteiger partial charge in [-0.1, -0.05) is 13.0 Å². The first-order chi connectivity index (χ1) is 8.52. The molecule has 1 N–H and O–H groups in total. The average molecular weight is 249 g/mol. The molecule has 1 aliphatic rings. The van der Waals surface area contributed by atoms with Crippen LogP contribution in [0.5, 0.6) is 11.5 Å². The molecule has 0 aliphatic carbocycles. The van der Waals surface area contributed by atoms with E-state index < -0.39 is 0 Å². The van der Waals surface area contributed by atoms with Crippen LogP contribution in [0, 0.1) is 5.92 Å². The summed E-state index contributed by atoms with van der Waals surface area (Å²) in [5, 5.41) is 10.1. The summed E-state index contributed by atoms with van der Waals surface area (Å²) >= 11 is 0. The van der Waals surface area contributed by atoms with Crippen LogP contribution in [0.1, 0.15) is 38.8 Å². The predicted molar refractivity (Wildman–Crippen MR) is 73.0 cm³/mol. The highest BCUT2D eigenvalue weighted by Crippen LogP contribution is 2.36. The van der Waals surface area contributed by atoms with Crippen molar-refractivity contribution < 1.29 is 9.84 Å². The van der Waals surface area contributed by atoms with Crippen molar-refractivity contribution in [3.8, 4) is 11.5 Å². The third kappa shape index (κ3) is 2.46. The van der Waals surface area contributed by atoms with Crippen LogP contribution in [-0.4, -0.2) is 29.7 Å². The fraction of sp³-hybridized carbons (Fsp3) is 0.600. The number of nitrogens with zero attached hydrogens (tertiary/aromatic N) is 1. The smallest absolute Gasteiger partial charge is 0.124 e. The van der Waals surface area contributed by atoms with Gasteiger partial charge in [-0.05, 0) is 32.3 Å². The summed E-state index contributed by atoms with van der Waals surface area (Å²) in [6, 6.07) is 6.40. The van der Waals surface area contributed by atoms with E-state index in [1.54, 1.807) is 13.2 Å². The molecule has 1 aromatic rings. The standard InChI is InChI=1S/C15H23NO2/c1-10-7-11(2)16(9-10)12(3)14-6-5-13(18-4)8-15(14)17/h5-6,8,10-12,17H,7,9H2,1-4H3. The van der Waals surface area contributed by atoms with E-state index in [0.29, 0.717) is 17.5 Å². The first kappa shape index (κ1) is 13.2. The van der Waals surface area contributed by atoms with E-state index in [4.69, 9.17) is 4.74 Å². The van der Waals surface area contributed by atoms with Crippen molar-refractivity contribution >= 4 is 0 Å².